The van der Waals surface area contributed by atoms with Crippen LogP contribution in [-0.4, -0.2) is 0 Å². The Morgan fingerprint density at radius 3 is 1.44 bits per heavy atom. The summed E-state index contributed by atoms with van der Waals surface area (Å²) < 4.78 is 0. The Morgan fingerprint density at radius 2 is 1.33 bits per heavy atom. The summed E-state index contributed by atoms with van der Waals surface area (Å²) in [5.41, 5.74) is 0. The van der Waals surface area contributed by atoms with Crippen LogP contribution >= 0.6 is 27.6 Å². The van der Waals surface area contributed by atoms with Gasteiger partial charge in [-0.05, 0) is 0 Å². The largest absolute Gasteiger partial charge is 0.214 e. The molecule has 0 saturated carbocycles. The Balaban J connectivity index is 0.000000148. The molecule has 4 heteroatoms. The molecule has 0 aliphatic heterocycles. The standard InChI is InChI=1S/C5H5.3ClH.Ta/c1-2-4-5-3-1;;;;/h1-5H;3*1H;/q-1;;;;+3/p-3. The summed E-state index contributed by atoms with van der Waals surface area (Å²) >= 11 is -2.18. The maximum absolute atomic E-state index is 5.01. The Kier molecular flexibility index (Phi) is 7.83. The molecule has 0 radical (unpaired) electrons. The van der Waals surface area contributed by atoms with Gasteiger partial charge < -0.3 is 0 Å². The Bertz CT molecular complexity index is 95.8. The van der Waals surface area contributed by atoms with E-state index in [9.17, 15) is 0 Å². The maximum Gasteiger partial charge on any atom is -0.172 e. The van der Waals surface area contributed by atoms with Crippen molar-refractivity contribution in [3.63, 3.8) is 0 Å². The van der Waals surface area contributed by atoms with Crippen molar-refractivity contribution in [2.75, 3.05) is 0 Å². The second kappa shape index (κ2) is 7.07. The summed E-state index contributed by atoms with van der Waals surface area (Å²) in [6.07, 6.45) is 0. The molecule has 0 saturated heterocycles. The molecule has 1 aromatic carbocycles. The molecule has 9 heavy (non-hydrogen) atoms. The predicted molar refractivity (Wildman–Crippen MR) is 39.6 cm³/mol. The fourth-order valence-corrected chi connectivity index (χ4v) is 0.321. The summed E-state index contributed by atoms with van der Waals surface area (Å²) in [6.45, 7) is 0. The molecule has 0 nitrogen and oxygen atoms in total. The van der Waals surface area contributed by atoms with Gasteiger partial charge in [-0.1, -0.05) is 0 Å². The smallest absolute Gasteiger partial charge is 0.172 e. The summed E-state index contributed by atoms with van der Waals surface area (Å²) in [4.78, 5) is 0. The fraction of sp³-hybridized carbons (Fsp3) is 0. The van der Waals surface area contributed by atoms with E-state index in [0.717, 1.165) is 0 Å². The summed E-state index contributed by atoms with van der Waals surface area (Å²) in [5, 5.41) is 0. The summed E-state index contributed by atoms with van der Waals surface area (Å²) in [6, 6.07) is 10.0. The number of rotatable bonds is 0. The predicted octanol–water partition coefficient (Wildman–Crippen LogP) is 3.47. The quantitative estimate of drug-likeness (QED) is 0.627. The minimum absolute atomic E-state index is 2.00. The van der Waals surface area contributed by atoms with Crippen molar-refractivity contribution in [2.45, 2.75) is 0 Å². The van der Waals surface area contributed by atoms with Crippen molar-refractivity contribution in [3.8, 4) is 0 Å². The van der Waals surface area contributed by atoms with Gasteiger partial charge in [-0.2, -0.15) is 18.2 Å². The van der Waals surface area contributed by atoms with Crippen LogP contribution in [0.2, 0.25) is 0 Å². The zero-order valence-electron chi connectivity index (χ0n) is 4.47. The third-order valence-electron chi connectivity index (χ3n) is 0.556. The van der Waals surface area contributed by atoms with Crippen LogP contribution in [0.1, 0.15) is 0 Å². The molecule has 0 atom stereocenters. The third-order valence-corrected chi connectivity index (χ3v) is 0.556. The van der Waals surface area contributed by atoms with Crippen LogP contribution in [0.15, 0.2) is 30.3 Å². The van der Waals surface area contributed by atoms with Crippen LogP contribution in [0.25, 0.3) is 0 Å². The molecule has 0 aliphatic rings. The van der Waals surface area contributed by atoms with Gasteiger partial charge in [-0.3, -0.25) is 0 Å². The van der Waals surface area contributed by atoms with Crippen molar-refractivity contribution in [3.05, 3.63) is 30.3 Å². The van der Waals surface area contributed by atoms with Gasteiger partial charge in [0.05, 0.1) is 0 Å². The van der Waals surface area contributed by atoms with E-state index in [0.29, 0.717) is 0 Å². The van der Waals surface area contributed by atoms with Crippen LogP contribution in [0, 0.1) is 0 Å². The van der Waals surface area contributed by atoms with Gasteiger partial charge in [0.25, 0.3) is 0 Å². The van der Waals surface area contributed by atoms with Crippen molar-refractivity contribution in [1.29, 1.82) is 0 Å². The van der Waals surface area contributed by atoms with Crippen molar-refractivity contribution < 1.29 is 15.2 Å². The first-order chi connectivity index (χ1) is 4.23. The SMILES string of the molecule is [Cl][Ta]([Cl])[Cl].c1cc[cH-]c1. The molecule has 0 amide bonds. The van der Waals surface area contributed by atoms with E-state index in [2.05, 4.69) is 0 Å². The molecule has 0 bridgehead atoms. The Hall–Kier alpha value is 0.960. The summed E-state index contributed by atoms with van der Waals surface area (Å²) in [7, 11) is 15.0. The molecule has 0 aliphatic carbocycles. The van der Waals surface area contributed by atoms with E-state index in [1.807, 2.05) is 30.3 Å². The van der Waals surface area contributed by atoms with Crippen LogP contribution in [-0.2, 0) is 15.2 Å². The number of hydrogen-bond acceptors (Lipinski definition) is 0. The number of hydrogen-bond donors (Lipinski definition) is 0. The zero-order chi connectivity index (χ0) is 7.11. The van der Waals surface area contributed by atoms with Gasteiger partial charge >= 0.3 is 42.8 Å². The van der Waals surface area contributed by atoms with Crippen molar-refractivity contribution in [2.24, 2.45) is 0 Å². The van der Waals surface area contributed by atoms with Crippen LogP contribution in [0.4, 0.5) is 0 Å². The van der Waals surface area contributed by atoms with Crippen molar-refractivity contribution >= 4 is 27.6 Å². The van der Waals surface area contributed by atoms with Gasteiger partial charge in [-0.15, -0.1) is 0 Å². The Morgan fingerprint density at radius 1 is 1.00 bits per heavy atom. The molecule has 1 rings (SSSR count). The first-order valence-corrected chi connectivity index (χ1v) is 14.1. The van der Waals surface area contributed by atoms with E-state index in [4.69, 9.17) is 27.6 Å². The van der Waals surface area contributed by atoms with E-state index in [1.165, 1.54) is 0 Å². The molecule has 0 heterocycles. The van der Waals surface area contributed by atoms with E-state index in [1.54, 1.807) is 0 Å². The molecule has 0 spiro atoms. The molecular weight excluding hydrogens is 347 g/mol. The molecule has 0 fully saturated rings. The average Bonchev–Trinajstić information content (AvgIpc) is 2.11. The monoisotopic (exact) mass is 351 g/mol. The first kappa shape index (κ1) is 9.96. The molecule has 0 N–H and O–H groups in total. The second-order valence-electron chi connectivity index (χ2n) is 1.15. The molecule has 0 aromatic heterocycles. The number of halogens is 3. The van der Waals surface area contributed by atoms with E-state index in [-0.39, 0.29) is 0 Å². The van der Waals surface area contributed by atoms with Gasteiger partial charge in [0, 0.05) is 0 Å². The topological polar surface area (TPSA) is 0 Å². The third kappa shape index (κ3) is 12.2. The van der Waals surface area contributed by atoms with Crippen LogP contribution in [0.5, 0.6) is 0 Å². The van der Waals surface area contributed by atoms with Crippen LogP contribution < -0.4 is 0 Å². The average molecular weight is 352 g/mol. The normalized spacial score (nSPS) is 8.44. The zero-order valence-corrected chi connectivity index (χ0v) is 9.95. The Labute approximate surface area is 72.7 Å². The molecule has 52 valence electrons. The van der Waals surface area contributed by atoms with Gasteiger partial charge in [0.2, 0.25) is 0 Å². The van der Waals surface area contributed by atoms with Gasteiger partial charge in [-0.25, -0.2) is 12.1 Å². The van der Waals surface area contributed by atoms with Gasteiger partial charge in [0.15, 0.2) is 0 Å². The second-order valence-corrected chi connectivity index (χ2v) is 15.1. The first-order valence-electron chi connectivity index (χ1n) is 2.17. The van der Waals surface area contributed by atoms with Gasteiger partial charge in [0.1, 0.15) is 0 Å². The summed E-state index contributed by atoms with van der Waals surface area (Å²) in [5.74, 6) is 0. The van der Waals surface area contributed by atoms with E-state index < -0.39 is 15.2 Å². The fourth-order valence-electron chi connectivity index (χ4n) is 0.321. The minimum Gasteiger partial charge on any atom is -0.214 e. The molecular formula is C5H5Cl3Ta-. The molecule has 0 unspecified atom stereocenters. The van der Waals surface area contributed by atoms with Crippen molar-refractivity contribution in [1.82, 2.24) is 0 Å². The minimum atomic E-state index is -2.18. The molecule has 1 aromatic rings. The van der Waals surface area contributed by atoms with Crippen LogP contribution in [0.3, 0.4) is 0 Å². The van der Waals surface area contributed by atoms with E-state index >= 15 is 0 Å². The maximum atomic E-state index is 5.01.